The third-order valence-electron chi connectivity index (χ3n) is 3.18. The zero-order valence-electron chi connectivity index (χ0n) is 11.4. The molecular weight excluding hydrogens is 254 g/mol. The maximum Gasteiger partial charge on any atom is 0.251 e. The van der Waals surface area contributed by atoms with E-state index in [1.54, 1.807) is 0 Å². The fourth-order valence-electron chi connectivity index (χ4n) is 1.55. The molecule has 0 radical (unpaired) electrons. The van der Waals surface area contributed by atoms with Crippen LogP contribution < -0.4 is 5.32 Å². The van der Waals surface area contributed by atoms with Gasteiger partial charge in [-0.05, 0) is 12.8 Å². The van der Waals surface area contributed by atoms with Crippen molar-refractivity contribution in [2.45, 2.75) is 57.0 Å². The topological polar surface area (TPSA) is 130 Å². The minimum absolute atomic E-state index is 0.0358. The summed E-state index contributed by atoms with van der Waals surface area (Å²) in [6.45, 7) is 3.00. The molecule has 0 rings (SSSR count). The molecule has 7 heteroatoms. The Morgan fingerprint density at radius 3 is 2.26 bits per heavy atom. The molecule has 114 valence electrons. The summed E-state index contributed by atoms with van der Waals surface area (Å²) in [4.78, 5) is 11.5. The second-order valence-corrected chi connectivity index (χ2v) is 4.64. The summed E-state index contributed by atoms with van der Waals surface area (Å²) in [6.07, 6.45) is -4.01. The van der Waals surface area contributed by atoms with E-state index in [1.165, 1.54) is 6.92 Å². The number of hydrogen-bond donors (Lipinski definition) is 6. The molecule has 0 aliphatic rings. The van der Waals surface area contributed by atoms with E-state index in [0.29, 0.717) is 6.54 Å². The van der Waals surface area contributed by atoms with Gasteiger partial charge in [-0.25, -0.2) is 0 Å². The number of carbonyl (C=O) groups is 1. The normalized spacial score (nSPS) is 19.3. The summed E-state index contributed by atoms with van der Waals surface area (Å²) >= 11 is 0. The van der Waals surface area contributed by atoms with E-state index < -0.39 is 36.4 Å². The zero-order chi connectivity index (χ0) is 15.1. The van der Waals surface area contributed by atoms with Crippen molar-refractivity contribution >= 4 is 5.91 Å². The number of aliphatic hydroxyl groups is 5. The molecule has 0 unspecified atom stereocenters. The van der Waals surface area contributed by atoms with Gasteiger partial charge in [-0.15, -0.1) is 0 Å². The van der Waals surface area contributed by atoms with Crippen LogP contribution >= 0.6 is 0 Å². The SMILES string of the molecule is CCCCNC(=O)[C@H](O)[C@@H](O)[C@H](O)[C@@](O)(CC)CO. The molecule has 4 atom stereocenters. The van der Waals surface area contributed by atoms with E-state index in [9.17, 15) is 25.2 Å². The molecule has 7 nitrogen and oxygen atoms in total. The van der Waals surface area contributed by atoms with Crippen LogP contribution in [0.4, 0.5) is 0 Å². The first-order valence-electron chi connectivity index (χ1n) is 6.49. The average molecular weight is 279 g/mol. The van der Waals surface area contributed by atoms with Crippen LogP contribution in [-0.4, -0.2) is 68.5 Å². The molecule has 0 bridgehead atoms. The summed E-state index contributed by atoms with van der Waals surface area (Å²) in [5.41, 5.74) is -1.95. The standard InChI is InChI=1S/C12H25NO6/c1-3-5-6-13-11(18)9(16)8(15)10(17)12(19,4-2)7-14/h8-10,14-17,19H,3-7H2,1-2H3,(H,13,18)/t8-,9-,10+,12-/m1/s1. The number of unbranched alkanes of at least 4 members (excludes halogenated alkanes) is 1. The number of rotatable bonds is 9. The Morgan fingerprint density at radius 1 is 1.26 bits per heavy atom. The molecule has 0 saturated heterocycles. The Balaban J connectivity index is 4.53. The van der Waals surface area contributed by atoms with Crippen molar-refractivity contribution in [1.82, 2.24) is 5.32 Å². The molecule has 0 aromatic carbocycles. The highest BCUT2D eigenvalue weighted by molar-refractivity contribution is 5.81. The Labute approximate surface area is 112 Å². The molecule has 0 aliphatic carbocycles. The number of hydrogen-bond acceptors (Lipinski definition) is 6. The smallest absolute Gasteiger partial charge is 0.251 e. The van der Waals surface area contributed by atoms with Gasteiger partial charge in [0.1, 0.15) is 17.8 Å². The van der Waals surface area contributed by atoms with Crippen molar-refractivity contribution in [2.24, 2.45) is 0 Å². The fraction of sp³-hybridized carbons (Fsp3) is 0.917. The van der Waals surface area contributed by atoms with Crippen LogP contribution in [0.2, 0.25) is 0 Å². The minimum atomic E-state index is -1.95. The van der Waals surface area contributed by atoms with Crippen molar-refractivity contribution in [1.29, 1.82) is 0 Å². The Morgan fingerprint density at radius 2 is 1.84 bits per heavy atom. The van der Waals surface area contributed by atoms with Crippen LogP contribution in [0.25, 0.3) is 0 Å². The van der Waals surface area contributed by atoms with E-state index in [4.69, 9.17) is 5.11 Å². The van der Waals surface area contributed by atoms with Crippen LogP contribution in [0, 0.1) is 0 Å². The van der Waals surface area contributed by atoms with Crippen LogP contribution in [-0.2, 0) is 4.79 Å². The molecule has 0 saturated carbocycles. The Bertz CT molecular complexity index is 269. The van der Waals surface area contributed by atoms with Gasteiger partial charge in [0.2, 0.25) is 0 Å². The lowest BCUT2D eigenvalue weighted by molar-refractivity contribution is -0.174. The molecule has 0 aromatic rings. The first kappa shape index (κ1) is 18.3. The second-order valence-electron chi connectivity index (χ2n) is 4.64. The van der Waals surface area contributed by atoms with Gasteiger partial charge in [0.05, 0.1) is 6.61 Å². The van der Waals surface area contributed by atoms with Crippen molar-refractivity contribution < 1.29 is 30.3 Å². The predicted octanol–water partition coefficient (Wildman–Crippen LogP) is -1.88. The summed E-state index contributed by atoms with van der Waals surface area (Å²) < 4.78 is 0. The van der Waals surface area contributed by atoms with Gasteiger partial charge in [-0.3, -0.25) is 4.79 Å². The molecule has 19 heavy (non-hydrogen) atoms. The van der Waals surface area contributed by atoms with Gasteiger partial charge >= 0.3 is 0 Å². The number of aliphatic hydroxyl groups excluding tert-OH is 4. The fourth-order valence-corrected chi connectivity index (χ4v) is 1.55. The van der Waals surface area contributed by atoms with Gasteiger partial charge in [-0.1, -0.05) is 20.3 Å². The largest absolute Gasteiger partial charge is 0.393 e. The highest BCUT2D eigenvalue weighted by atomic mass is 16.4. The third-order valence-corrected chi connectivity index (χ3v) is 3.18. The van der Waals surface area contributed by atoms with Gasteiger partial charge < -0.3 is 30.8 Å². The number of nitrogens with one attached hydrogen (secondary N) is 1. The van der Waals surface area contributed by atoms with Gasteiger partial charge in [-0.2, -0.15) is 0 Å². The number of amides is 1. The molecule has 0 spiro atoms. The second kappa shape index (κ2) is 8.44. The van der Waals surface area contributed by atoms with Crippen LogP contribution in [0.1, 0.15) is 33.1 Å². The van der Waals surface area contributed by atoms with Crippen molar-refractivity contribution in [3.05, 3.63) is 0 Å². The average Bonchev–Trinajstić information content (AvgIpc) is 2.44. The van der Waals surface area contributed by atoms with Crippen LogP contribution in [0.3, 0.4) is 0 Å². The van der Waals surface area contributed by atoms with Gasteiger partial charge in [0.25, 0.3) is 5.91 Å². The maximum absolute atomic E-state index is 11.5. The summed E-state index contributed by atoms with van der Waals surface area (Å²) in [5, 5.41) is 50.2. The Kier molecular flexibility index (Phi) is 8.12. The molecular formula is C12H25NO6. The molecule has 0 fully saturated rings. The third kappa shape index (κ3) is 5.04. The summed E-state index contributed by atoms with van der Waals surface area (Å²) in [7, 11) is 0. The lowest BCUT2D eigenvalue weighted by Crippen LogP contribution is -2.57. The minimum Gasteiger partial charge on any atom is -0.393 e. The maximum atomic E-state index is 11.5. The number of carbonyl (C=O) groups excluding carboxylic acids is 1. The van der Waals surface area contributed by atoms with Crippen LogP contribution in [0.5, 0.6) is 0 Å². The highest BCUT2D eigenvalue weighted by Gasteiger charge is 2.42. The molecule has 0 heterocycles. The molecule has 1 amide bonds. The highest BCUT2D eigenvalue weighted by Crippen LogP contribution is 2.19. The van der Waals surface area contributed by atoms with E-state index >= 15 is 0 Å². The lowest BCUT2D eigenvalue weighted by atomic mass is 9.88. The van der Waals surface area contributed by atoms with Gasteiger partial charge in [0.15, 0.2) is 6.10 Å². The quantitative estimate of drug-likeness (QED) is 0.274. The molecule has 6 N–H and O–H groups in total. The first-order chi connectivity index (χ1) is 8.83. The van der Waals surface area contributed by atoms with E-state index in [1.807, 2.05) is 6.92 Å². The van der Waals surface area contributed by atoms with Crippen molar-refractivity contribution in [2.75, 3.05) is 13.2 Å². The van der Waals surface area contributed by atoms with E-state index in [0.717, 1.165) is 12.8 Å². The first-order valence-corrected chi connectivity index (χ1v) is 6.49. The van der Waals surface area contributed by atoms with E-state index in [-0.39, 0.29) is 6.42 Å². The van der Waals surface area contributed by atoms with Crippen LogP contribution in [0.15, 0.2) is 0 Å². The zero-order valence-corrected chi connectivity index (χ0v) is 11.4. The Hall–Kier alpha value is -0.730. The van der Waals surface area contributed by atoms with Gasteiger partial charge in [0, 0.05) is 6.54 Å². The molecule has 0 aromatic heterocycles. The summed E-state index contributed by atoms with van der Waals surface area (Å²) in [6, 6.07) is 0. The predicted molar refractivity (Wildman–Crippen MR) is 68.3 cm³/mol. The van der Waals surface area contributed by atoms with Crippen molar-refractivity contribution in [3.8, 4) is 0 Å². The van der Waals surface area contributed by atoms with Crippen molar-refractivity contribution in [3.63, 3.8) is 0 Å². The monoisotopic (exact) mass is 279 g/mol. The van der Waals surface area contributed by atoms with E-state index in [2.05, 4.69) is 5.32 Å². The molecule has 0 aliphatic heterocycles. The summed E-state index contributed by atoms with van der Waals surface area (Å²) in [5.74, 6) is -0.823. The lowest BCUT2D eigenvalue weighted by Gasteiger charge is -2.34.